The minimum Gasteiger partial charge on any atom is -0.346 e. The summed E-state index contributed by atoms with van der Waals surface area (Å²) in [6.45, 7) is -2.11. The molecule has 5 aromatic rings. The van der Waals surface area contributed by atoms with Gasteiger partial charge in [-0.1, -0.05) is 44.3 Å². The highest BCUT2D eigenvalue weighted by atomic mass is 32.7. The van der Waals surface area contributed by atoms with Crippen LogP contribution >= 0.6 is 26.5 Å². The van der Waals surface area contributed by atoms with E-state index < -0.39 is 100 Å². The van der Waals surface area contributed by atoms with Gasteiger partial charge in [-0.05, 0) is 23.9 Å². The molecule has 27 heteroatoms. The van der Waals surface area contributed by atoms with Gasteiger partial charge in [0.2, 0.25) is 19.4 Å². The van der Waals surface area contributed by atoms with Gasteiger partial charge in [0, 0.05) is 11.5 Å². The Balaban J connectivity index is 1.08. The van der Waals surface area contributed by atoms with Crippen LogP contribution < -0.4 is 16.2 Å². The Kier molecular flexibility index (Phi) is 12.8. The first-order valence-electron chi connectivity index (χ1n) is 18.5. The maximum atomic E-state index is 16.7. The smallest absolute Gasteiger partial charge is 0.327 e. The van der Waals surface area contributed by atoms with Crippen molar-refractivity contribution in [3.05, 3.63) is 65.2 Å². The molecule has 0 saturated carbocycles. The van der Waals surface area contributed by atoms with E-state index in [1.807, 2.05) is 6.07 Å². The van der Waals surface area contributed by atoms with Crippen molar-refractivity contribution in [2.24, 2.45) is 5.92 Å². The van der Waals surface area contributed by atoms with E-state index in [2.05, 4.69) is 52.8 Å². The van der Waals surface area contributed by atoms with Crippen molar-refractivity contribution in [2.75, 3.05) is 30.5 Å². The highest BCUT2D eigenvalue weighted by Gasteiger charge is 2.53. The molecule has 0 spiro atoms. The van der Waals surface area contributed by atoms with E-state index in [0.717, 1.165) is 0 Å². The molecule has 3 N–H and O–H groups in total. The number of halogens is 2. The third kappa shape index (κ3) is 8.93. The fourth-order valence-electron chi connectivity index (χ4n) is 6.56. The quantitative estimate of drug-likeness (QED) is 0.0908. The number of fused-ring (bicyclic) bond motifs is 5. The van der Waals surface area contributed by atoms with Crippen LogP contribution in [0, 0.1) is 17.2 Å². The van der Waals surface area contributed by atoms with Crippen molar-refractivity contribution in [3.63, 3.8) is 0 Å². The molecule has 0 aliphatic carbocycles. The number of anilines is 2. The van der Waals surface area contributed by atoms with Gasteiger partial charge in [-0.15, -0.1) is 0 Å². The molecule has 0 radical (unpaired) electrons. The predicted octanol–water partition coefficient (Wildman–Crippen LogP) is 4.41. The molecule has 3 fully saturated rings. The number of H-pyrrole nitrogens is 1. The van der Waals surface area contributed by atoms with E-state index in [4.69, 9.17) is 43.9 Å². The summed E-state index contributed by atoms with van der Waals surface area (Å²) in [6, 6.07) is 10.4. The van der Waals surface area contributed by atoms with E-state index in [-0.39, 0.29) is 47.1 Å². The number of amides is 2. The number of hydrogen-bond acceptors (Lipinski definition) is 18. The number of nitrogens with zero attached hydrogens (tertiary/aromatic N) is 8. The zero-order valence-electron chi connectivity index (χ0n) is 31.8. The number of hydrogen-bond donors (Lipinski definition) is 4. The number of carbonyl (C=O) groups is 2. The number of carbonyl (C=O) groups excluding carboxylic acids is 2. The normalized spacial score (nSPS) is 29.4. The summed E-state index contributed by atoms with van der Waals surface area (Å²) in [6.07, 6.45) is -9.02. The lowest BCUT2D eigenvalue weighted by Crippen LogP contribution is -2.33. The fraction of sp³-hybridized carbons (Fsp3) is 0.441. The molecule has 2 amide bonds. The van der Waals surface area contributed by atoms with Crippen molar-refractivity contribution >= 4 is 84.3 Å². The molecule has 1 aromatic carbocycles. The van der Waals surface area contributed by atoms with Crippen molar-refractivity contribution in [3.8, 4) is 6.07 Å². The molecular formula is C34H35F2N11O10P2S2. The molecule has 3 saturated heterocycles. The second-order valence-electron chi connectivity index (χ2n) is 13.9. The van der Waals surface area contributed by atoms with Crippen molar-refractivity contribution in [1.82, 2.24) is 39.0 Å². The number of nitrogens with one attached hydrogen (secondary N) is 3. The minimum absolute atomic E-state index is 0.0683. The Bertz CT molecular complexity index is 2590. The second-order valence-corrected chi connectivity index (χ2v) is 18.8. The monoisotopic (exact) mass is 921 g/mol. The van der Waals surface area contributed by atoms with Crippen LogP contribution in [0.15, 0.2) is 54.1 Å². The highest BCUT2D eigenvalue weighted by molar-refractivity contribution is 8.41. The van der Waals surface area contributed by atoms with Crippen molar-refractivity contribution in [2.45, 2.75) is 69.5 Å². The number of benzene rings is 1. The first kappa shape index (κ1) is 43.2. The first-order valence-corrected chi connectivity index (χ1v) is 23.4. The van der Waals surface area contributed by atoms with Gasteiger partial charge in [0.15, 0.2) is 52.9 Å². The van der Waals surface area contributed by atoms with Crippen LogP contribution in [-0.4, -0.2) is 107 Å². The summed E-state index contributed by atoms with van der Waals surface area (Å²) in [4.78, 5) is 62.1. The molecule has 3 aliphatic heterocycles. The predicted molar refractivity (Wildman–Crippen MR) is 217 cm³/mol. The van der Waals surface area contributed by atoms with Crippen molar-refractivity contribution in [1.29, 1.82) is 5.26 Å². The maximum Gasteiger partial charge on any atom is 0.327 e. The van der Waals surface area contributed by atoms with Gasteiger partial charge in [-0.25, -0.2) is 28.7 Å². The van der Waals surface area contributed by atoms with Gasteiger partial charge in [0.1, 0.15) is 30.7 Å². The minimum atomic E-state index is -4.10. The molecule has 10 atom stereocenters. The van der Waals surface area contributed by atoms with E-state index in [0.29, 0.717) is 5.56 Å². The maximum absolute atomic E-state index is 16.7. The van der Waals surface area contributed by atoms with Crippen LogP contribution in [0.5, 0.6) is 0 Å². The third-order valence-corrected chi connectivity index (χ3v) is 13.4. The van der Waals surface area contributed by atoms with Crippen molar-refractivity contribution < 1.29 is 50.5 Å². The van der Waals surface area contributed by atoms with E-state index >= 15 is 8.78 Å². The number of rotatable bonds is 9. The Labute approximate surface area is 355 Å². The van der Waals surface area contributed by atoms with Crippen LogP contribution in [0.4, 0.5) is 20.5 Å². The molecular weight excluding hydrogens is 887 g/mol. The lowest BCUT2D eigenvalue weighted by atomic mass is 10.1. The lowest BCUT2D eigenvalue weighted by Gasteiger charge is -2.29. The molecule has 21 nitrogen and oxygen atoms in total. The Hall–Kier alpha value is -4.44. The Morgan fingerprint density at radius 2 is 1.77 bits per heavy atom. The summed E-state index contributed by atoms with van der Waals surface area (Å²) in [5, 5.41) is 14.5. The number of alkyl halides is 2. The van der Waals surface area contributed by atoms with Crippen LogP contribution in [0.25, 0.3) is 22.3 Å². The number of aromatic amines is 1. The fourth-order valence-corrected chi connectivity index (χ4v) is 9.95. The van der Waals surface area contributed by atoms with Crippen LogP contribution in [0.2, 0.25) is 0 Å². The van der Waals surface area contributed by atoms with E-state index in [9.17, 15) is 19.6 Å². The zero-order valence-corrected chi connectivity index (χ0v) is 35.3. The summed E-state index contributed by atoms with van der Waals surface area (Å²) >= 11 is 10.2. The number of thiol groups is 1. The number of aromatic nitrogens is 8. The van der Waals surface area contributed by atoms with E-state index in [1.54, 1.807) is 44.2 Å². The topological polar surface area (TPSA) is 254 Å². The van der Waals surface area contributed by atoms with Gasteiger partial charge in [-0.2, -0.15) is 10.2 Å². The standard InChI is InChI=1S/C34H35F2N11O10P2S2/c1-16(2)29(48)44-34-43-28-23(31(50)45-34)41-15-47(28)33-25-20(35)18(54-33)11-51-58(60)56-24-19(12-53-59(61,57-25)52-10-6-9-37)55-32(21(24)36)46-14-40-22-26(38-13-39-27(22)46)42-30(49)17-7-4-3-5-8-17/h3-5,7-8,13-16,18-21,24-25,32-33,60H,6,10-12H2,1-2H3,(H,38,39,42,49)(H2,43,44,45,48,50)/t18-,19-,20-,21+,24-,25-,32-,33-,58?,59?/m1/s1. The van der Waals surface area contributed by atoms with Crippen LogP contribution in [0.3, 0.4) is 0 Å². The third-order valence-electron chi connectivity index (χ3n) is 9.58. The molecule has 2 bridgehead atoms. The summed E-state index contributed by atoms with van der Waals surface area (Å²) in [7, 11) is -2.25. The van der Waals surface area contributed by atoms with Crippen LogP contribution in [-0.2, 0) is 48.7 Å². The highest BCUT2D eigenvalue weighted by Crippen LogP contribution is 2.57. The van der Waals surface area contributed by atoms with Gasteiger partial charge in [0.25, 0.3) is 11.5 Å². The molecule has 322 valence electrons. The zero-order chi connectivity index (χ0) is 43.0. The van der Waals surface area contributed by atoms with Gasteiger partial charge in [0.05, 0.1) is 45.0 Å². The Morgan fingerprint density at radius 3 is 2.52 bits per heavy atom. The average Bonchev–Trinajstić information content (AvgIpc) is 4.01. The number of ether oxygens (including phenoxy) is 2. The molecule has 8 rings (SSSR count). The van der Waals surface area contributed by atoms with E-state index in [1.165, 1.54) is 28.1 Å². The first-order chi connectivity index (χ1) is 29.3. The molecule has 7 heterocycles. The number of imidazole rings is 2. The van der Waals surface area contributed by atoms with Gasteiger partial charge < -0.3 is 32.9 Å². The Morgan fingerprint density at radius 1 is 1.03 bits per heavy atom. The lowest BCUT2D eigenvalue weighted by molar-refractivity contribution is -0.118. The average molecular weight is 922 g/mol. The molecule has 4 aromatic heterocycles. The summed E-state index contributed by atoms with van der Waals surface area (Å²) in [5.41, 5.74) is -0.331. The summed E-state index contributed by atoms with van der Waals surface area (Å²) in [5.74, 6) is -1.46. The number of nitriles is 1. The molecule has 61 heavy (non-hydrogen) atoms. The summed E-state index contributed by atoms with van der Waals surface area (Å²) < 4.78 is 78.0. The second kappa shape index (κ2) is 18.1. The molecule has 3 aliphatic rings. The van der Waals surface area contributed by atoms with Gasteiger partial charge >= 0.3 is 6.72 Å². The SMILES string of the molecule is CC(C)C(=O)Nc1nc2c(ncn2[C@@H]2O[C@@H]3COP(S)O[C@H]4[C@H](F)[C@H](n5cnc6c(NC(=O)c7ccccc7)ncnc65)O[C@@H]4COP(=S)(OCCC#N)O[C@@H]2[C@@H]3F)c(=O)[nH]1. The van der Waals surface area contributed by atoms with Crippen LogP contribution in [0.1, 0.15) is 43.1 Å². The largest absolute Gasteiger partial charge is 0.346 e. The molecule has 2 unspecified atom stereocenters. The van der Waals surface area contributed by atoms with Gasteiger partial charge in [-0.3, -0.25) is 38.3 Å².